The lowest BCUT2D eigenvalue weighted by Gasteiger charge is -2.12. The molecule has 0 aliphatic carbocycles. The Morgan fingerprint density at radius 1 is 1.58 bits per heavy atom. The highest BCUT2D eigenvalue weighted by Gasteiger charge is 2.23. The van der Waals surface area contributed by atoms with E-state index in [4.69, 9.17) is 16.0 Å². The molecule has 0 bridgehead atoms. The van der Waals surface area contributed by atoms with E-state index in [0.29, 0.717) is 12.1 Å². The standard InChI is InChI=1S/C11H13ClN2O3S2/c1-7(6-9-4-3-5-17-9)14-19(15,16)10-8(2)13-11(12)18-10/h3-5,7,14H,6H2,1-2H3. The van der Waals surface area contributed by atoms with Gasteiger partial charge in [0.2, 0.25) is 0 Å². The first-order valence-corrected chi connectivity index (χ1v) is 8.24. The van der Waals surface area contributed by atoms with Crippen molar-refractivity contribution in [1.82, 2.24) is 9.71 Å². The maximum absolute atomic E-state index is 12.2. The molecule has 8 heteroatoms. The van der Waals surface area contributed by atoms with Gasteiger partial charge in [0.1, 0.15) is 5.76 Å². The van der Waals surface area contributed by atoms with Crippen molar-refractivity contribution in [3.8, 4) is 0 Å². The lowest BCUT2D eigenvalue weighted by molar-refractivity contribution is 0.479. The molecule has 2 aromatic heterocycles. The number of hydrogen-bond donors (Lipinski definition) is 1. The van der Waals surface area contributed by atoms with E-state index in [0.717, 1.165) is 17.1 Å². The average Bonchev–Trinajstić information content (AvgIpc) is 2.87. The summed E-state index contributed by atoms with van der Waals surface area (Å²) in [6.07, 6.45) is 2.04. The van der Waals surface area contributed by atoms with Crippen LogP contribution in [0.5, 0.6) is 0 Å². The molecule has 104 valence electrons. The molecule has 0 saturated heterocycles. The average molecular weight is 321 g/mol. The first kappa shape index (κ1) is 14.5. The van der Waals surface area contributed by atoms with Crippen LogP contribution in [-0.4, -0.2) is 19.4 Å². The number of thiazole rings is 1. The Morgan fingerprint density at radius 2 is 2.32 bits per heavy atom. The monoisotopic (exact) mass is 320 g/mol. The van der Waals surface area contributed by atoms with Crippen molar-refractivity contribution in [2.24, 2.45) is 0 Å². The molecule has 2 heterocycles. The van der Waals surface area contributed by atoms with Gasteiger partial charge in [-0.25, -0.2) is 18.1 Å². The van der Waals surface area contributed by atoms with E-state index in [9.17, 15) is 8.42 Å². The first-order chi connectivity index (χ1) is 8.88. The molecular formula is C11H13ClN2O3S2. The van der Waals surface area contributed by atoms with E-state index in [1.165, 1.54) is 0 Å². The van der Waals surface area contributed by atoms with Crippen molar-refractivity contribution in [1.29, 1.82) is 0 Å². The number of aromatic nitrogens is 1. The van der Waals surface area contributed by atoms with Gasteiger partial charge in [0, 0.05) is 12.5 Å². The highest BCUT2D eigenvalue weighted by Crippen LogP contribution is 2.26. The van der Waals surface area contributed by atoms with Crippen LogP contribution in [0, 0.1) is 6.92 Å². The minimum atomic E-state index is -3.59. The summed E-state index contributed by atoms with van der Waals surface area (Å²) in [6, 6.07) is 3.29. The van der Waals surface area contributed by atoms with Crippen molar-refractivity contribution >= 4 is 33.0 Å². The molecule has 0 aromatic carbocycles. The minimum Gasteiger partial charge on any atom is -0.469 e. The summed E-state index contributed by atoms with van der Waals surface area (Å²) in [4.78, 5) is 3.91. The number of hydrogen-bond acceptors (Lipinski definition) is 5. The third-order valence-electron chi connectivity index (χ3n) is 2.42. The first-order valence-electron chi connectivity index (χ1n) is 5.56. The second kappa shape index (κ2) is 5.62. The van der Waals surface area contributed by atoms with Gasteiger partial charge in [0.25, 0.3) is 10.0 Å². The third-order valence-corrected chi connectivity index (χ3v) is 5.88. The number of nitrogens with zero attached hydrogens (tertiary/aromatic N) is 1. The molecule has 0 aliphatic heterocycles. The van der Waals surface area contributed by atoms with Gasteiger partial charge >= 0.3 is 0 Å². The quantitative estimate of drug-likeness (QED) is 0.919. The molecular weight excluding hydrogens is 308 g/mol. The maximum atomic E-state index is 12.2. The molecule has 0 spiro atoms. The highest BCUT2D eigenvalue weighted by atomic mass is 35.5. The Labute approximate surface area is 120 Å². The van der Waals surface area contributed by atoms with Gasteiger partial charge in [-0.15, -0.1) is 0 Å². The largest absolute Gasteiger partial charge is 0.469 e. The Bertz CT molecular complexity index is 650. The van der Waals surface area contributed by atoms with Crippen molar-refractivity contribution in [3.05, 3.63) is 34.3 Å². The van der Waals surface area contributed by atoms with Crippen LogP contribution < -0.4 is 4.72 Å². The molecule has 0 aliphatic rings. The number of furan rings is 1. The van der Waals surface area contributed by atoms with Gasteiger partial charge < -0.3 is 4.42 Å². The van der Waals surface area contributed by atoms with Crippen LogP contribution in [0.4, 0.5) is 0 Å². The zero-order valence-electron chi connectivity index (χ0n) is 10.4. The van der Waals surface area contributed by atoms with E-state index in [1.54, 1.807) is 32.2 Å². The molecule has 0 radical (unpaired) electrons. The summed E-state index contributed by atoms with van der Waals surface area (Å²) in [5, 5.41) is 0. The summed E-state index contributed by atoms with van der Waals surface area (Å²) < 4.78 is 32.5. The number of nitrogens with one attached hydrogen (secondary N) is 1. The van der Waals surface area contributed by atoms with E-state index in [1.807, 2.05) is 0 Å². The van der Waals surface area contributed by atoms with Crippen LogP contribution in [0.15, 0.2) is 27.0 Å². The summed E-state index contributed by atoms with van der Waals surface area (Å²) in [6.45, 7) is 3.40. The SMILES string of the molecule is Cc1nc(Cl)sc1S(=O)(=O)NC(C)Cc1ccco1. The van der Waals surface area contributed by atoms with Gasteiger partial charge in [-0.1, -0.05) is 22.9 Å². The molecule has 0 amide bonds. The topological polar surface area (TPSA) is 72.2 Å². The fraction of sp³-hybridized carbons (Fsp3) is 0.364. The van der Waals surface area contributed by atoms with Crippen molar-refractivity contribution in [2.45, 2.75) is 30.5 Å². The van der Waals surface area contributed by atoms with Crippen LogP contribution in [0.2, 0.25) is 4.47 Å². The highest BCUT2D eigenvalue weighted by molar-refractivity contribution is 7.91. The predicted molar refractivity (Wildman–Crippen MR) is 74.1 cm³/mol. The third kappa shape index (κ3) is 3.56. The van der Waals surface area contributed by atoms with Crippen LogP contribution >= 0.6 is 22.9 Å². The summed E-state index contributed by atoms with van der Waals surface area (Å²) in [7, 11) is -3.59. The lowest BCUT2D eigenvalue weighted by Crippen LogP contribution is -2.33. The summed E-state index contributed by atoms with van der Waals surface area (Å²) in [5.41, 5.74) is 0.410. The molecule has 5 nitrogen and oxygen atoms in total. The summed E-state index contributed by atoms with van der Waals surface area (Å²) >= 11 is 6.68. The minimum absolute atomic E-state index is 0.156. The van der Waals surface area contributed by atoms with Crippen LogP contribution in [0.1, 0.15) is 18.4 Å². The molecule has 0 fully saturated rings. The van der Waals surface area contributed by atoms with E-state index >= 15 is 0 Å². The van der Waals surface area contributed by atoms with Crippen LogP contribution in [-0.2, 0) is 16.4 Å². The Hall–Kier alpha value is -0.890. The Morgan fingerprint density at radius 3 is 2.84 bits per heavy atom. The molecule has 1 N–H and O–H groups in total. The maximum Gasteiger partial charge on any atom is 0.252 e. The Kier molecular flexibility index (Phi) is 4.29. The van der Waals surface area contributed by atoms with E-state index in [2.05, 4.69) is 9.71 Å². The summed E-state index contributed by atoms with van der Waals surface area (Å²) in [5.74, 6) is 0.731. The zero-order valence-corrected chi connectivity index (χ0v) is 12.8. The van der Waals surface area contributed by atoms with Gasteiger partial charge in [0.15, 0.2) is 8.68 Å². The fourth-order valence-corrected chi connectivity index (χ4v) is 4.69. The molecule has 2 aromatic rings. The van der Waals surface area contributed by atoms with Crippen LogP contribution in [0.3, 0.4) is 0 Å². The Balaban J connectivity index is 2.11. The molecule has 1 unspecified atom stereocenters. The van der Waals surface area contributed by atoms with Gasteiger partial charge in [-0.3, -0.25) is 0 Å². The van der Waals surface area contributed by atoms with Gasteiger partial charge in [-0.05, 0) is 26.0 Å². The molecule has 0 saturated carbocycles. The van der Waals surface area contributed by atoms with Gasteiger partial charge in [-0.2, -0.15) is 0 Å². The van der Waals surface area contributed by atoms with Gasteiger partial charge in [0.05, 0.1) is 12.0 Å². The normalized spacial score (nSPS) is 13.6. The number of sulfonamides is 1. The lowest BCUT2D eigenvalue weighted by atomic mass is 10.2. The second-order valence-corrected chi connectivity index (χ2v) is 7.64. The smallest absolute Gasteiger partial charge is 0.252 e. The second-order valence-electron chi connectivity index (χ2n) is 4.15. The molecule has 2 rings (SSSR count). The number of halogens is 1. The number of aryl methyl sites for hydroxylation is 1. The molecule has 19 heavy (non-hydrogen) atoms. The van der Waals surface area contributed by atoms with Crippen molar-refractivity contribution in [3.63, 3.8) is 0 Å². The molecule has 1 atom stereocenters. The number of rotatable bonds is 5. The van der Waals surface area contributed by atoms with Crippen LogP contribution in [0.25, 0.3) is 0 Å². The predicted octanol–water partition coefficient (Wildman–Crippen LogP) is 2.61. The van der Waals surface area contributed by atoms with E-state index in [-0.39, 0.29) is 14.7 Å². The van der Waals surface area contributed by atoms with E-state index < -0.39 is 10.0 Å². The van der Waals surface area contributed by atoms with Crippen molar-refractivity contribution < 1.29 is 12.8 Å². The van der Waals surface area contributed by atoms with Crippen molar-refractivity contribution in [2.75, 3.05) is 0 Å². The zero-order chi connectivity index (χ0) is 14.0. The fourth-order valence-electron chi connectivity index (χ4n) is 1.69.